The van der Waals surface area contributed by atoms with Gasteiger partial charge in [0, 0.05) is 37.3 Å². The Morgan fingerprint density at radius 2 is 2.06 bits per heavy atom. The maximum Gasteiger partial charge on any atom is 0.353 e. The number of aromatic amines is 1. The molecule has 6 heterocycles. The van der Waals surface area contributed by atoms with Crippen LogP contribution in [-0.2, 0) is 0 Å². The van der Waals surface area contributed by atoms with E-state index in [9.17, 15) is 4.79 Å². The van der Waals surface area contributed by atoms with E-state index in [2.05, 4.69) is 54.2 Å². The van der Waals surface area contributed by atoms with Gasteiger partial charge in [-0.05, 0) is 32.4 Å². The van der Waals surface area contributed by atoms with Crippen LogP contribution in [0, 0.1) is 0 Å². The summed E-state index contributed by atoms with van der Waals surface area (Å²) in [5.41, 5.74) is 2.20. The van der Waals surface area contributed by atoms with Gasteiger partial charge >= 0.3 is 5.97 Å². The number of carboxylic acids is 1. The molecule has 174 valence electrons. The summed E-state index contributed by atoms with van der Waals surface area (Å²) in [7, 11) is 0. The Hall–Kier alpha value is -4.06. The van der Waals surface area contributed by atoms with Gasteiger partial charge < -0.3 is 15.3 Å². The van der Waals surface area contributed by atoms with E-state index in [1.807, 2.05) is 12.1 Å². The summed E-state index contributed by atoms with van der Waals surface area (Å²) in [6.45, 7) is 6.63. The number of hydrogen-bond donors (Lipinski definition) is 3. The monoisotopic (exact) mass is 460 g/mol. The fourth-order valence-corrected chi connectivity index (χ4v) is 5.02. The highest BCUT2D eigenvalue weighted by atomic mass is 16.4. The second-order valence-corrected chi connectivity index (χ2v) is 8.98. The molecule has 0 aliphatic carbocycles. The van der Waals surface area contributed by atoms with Crippen LogP contribution < -0.4 is 10.2 Å². The van der Waals surface area contributed by atoms with Crippen molar-refractivity contribution >= 4 is 28.9 Å². The lowest BCUT2D eigenvalue weighted by Gasteiger charge is -2.37. The third kappa shape index (κ3) is 3.34. The molecular weight excluding hydrogens is 436 g/mol. The summed E-state index contributed by atoms with van der Waals surface area (Å²) in [6.07, 6.45) is 6.00. The second-order valence-electron chi connectivity index (χ2n) is 8.98. The second kappa shape index (κ2) is 7.76. The molecule has 2 atom stereocenters. The average Bonchev–Trinajstić information content (AvgIpc) is 3.63. The molecule has 2 aliphatic rings. The zero-order valence-electron chi connectivity index (χ0n) is 18.8. The van der Waals surface area contributed by atoms with Gasteiger partial charge in [-0.2, -0.15) is 10.2 Å². The van der Waals surface area contributed by atoms with Gasteiger partial charge in [0.15, 0.2) is 11.5 Å². The smallest absolute Gasteiger partial charge is 0.353 e. The van der Waals surface area contributed by atoms with Gasteiger partial charge in [0.2, 0.25) is 0 Å². The highest BCUT2D eigenvalue weighted by molar-refractivity contribution is 5.86. The normalized spacial score (nSPS) is 20.0. The minimum absolute atomic E-state index is 0.0141. The van der Waals surface area contributed by atoms with Crippen LogP contribution in [0.15, 0.2) is 36.9 Å². The summed E-state index contributed by atoms with van der Waals surface area (Å²) in [4.78, 5) is 29.6. The van der Waals surface area contributed by atoms with Crippen LogP contribution in [-0.4, -0.2) is 82.0 Å². The average molecular weight is 461 g/mol. The number of pyridine rings is 1. The van der Waals surface area contributed by atoms with Gasteiger partial charge in [-0.1, -0.05) is 0 Å². The van der Waals surface area contributed by atoms with Crippen LogP contribution >= 0.6 is 0 Å². The van der Waals surface area contributed by atoms with Gasteiger partial charge in [0.1, 0.15) is 29.2 Å². The van der Waals surface area contributed by atoms with Gasteiger partial charge in [0.25, 0.3) is 0 Å². The van der Waals surface area contributed by atoms with Crippen LogP contribution in [0.5, 0.6) is 0 Å². The zero-order chi connectivity index (χ0) is 23.4. The maximum atomic E-state index is 11.2. The molecule has 0 aromatic carbocycles. The summed E-state index contributed by atoms with van der Waals surface area (Å²) < 4.78 is 1.57. The number of anilines is 3. The van der Waals surface area contributed by atoms with E-state index in [4.69, 9.17) is 10.1 Å². The lowest BCUT2D eigenvalue weighted by atomic mass is 10.2. The van der Waals surface area contributed by atoms with Gasteiger partial charge in [-0.15, -0.1) is 0 Å². The molecule has 3 N–H and O–H groups in total. The van der Waals surface area contributed by atoms with Gasteiger partial charge in [-0.25, -0.2) is 24.3 Å². The van der Waals surface area contributed by atoms with Gasteiger partial charge in [0.05, 0.1) is 18.1 Å². The van der Waals surface area contributed by atoms with Gasteiger partial charge in [-0.3, -0.25) is 10.00 Å². The number of rotatable bonds is 6. The molecule has 0 unspecified atom stereocenters. The Bertz CT molecular complexity index is 1360. The molecule has 2 fully saturated rings. The first-order valence-electron chi connectivity index (χ1n) is 11.2. The fraction of sp³-hybridized carbons (Fsp3) is 0.364. The van der Waals surface area contributed by atoms with Crippen molar-refractivity contribution in [3.63, 3.8) is 0 Å². The molecule has 34 heavy (non-hydrogen) atoms. The predicted octanol–water partition coefficient (Wildman–Crippen LogP) is 2.02. The minimum Gasteiger partial charge on any atom is -0.477 e. The number of fused-ring (bicyclic) bond motifs is 3. The third-order valence-electron chi connectivity index (χ3n) is 6.63. The molecule has 0 spiro atoms. The number of aromatic nitrogens is 7. The number of nitrogens with one attached hydrogen (secondary N) is 2. The summed E-state index contributed by atoms with van der Waals surface area (Å²) in [6, 6.07) is 7.17. The van der Waals surface area contributed by atoms with E-state index in [0.717, 1.165) is 24.6 Å². The molecule has 0 amide bonds. The number of piperazine rings is 1. The van der Waals surface area contributed by atoms with Crippen LogP contribution in [0.1, 0.15) is 30.8 Å². The van der Waals surface area contributed by atoms with E-state index in [1.54, 1.807) is 16.9 Å². The zero-order valence-corrected chi connectivity index (χ0v) is 18.8. The Morgan fingerprint density at radius 1 is 1.18 bits per heavy atom. The van der Waals surface area contributed by atoms with Crippen molar-refractivity contribution < 1.29 is 9.90 Å². The number of nitrogens with zero attached hydrogens (tertiary/aromatic N) is 8. The molecule has 12 nitrogen and oxygen atoms in total. The SMILES string of the molecule is CC(C)N1C[C@@H]2C[C@H]1CN2c1ccc(Nc2ncc(-c3cc(C(=O)O)[nH]n3)n3ncnc23)cn1. The summed E-state index contributed by atoms with van der Waals surface area (Å²) >= 11 is 0. The third-order valence-corrected chi connectivity index (χ3v) is 6.63. The number of aromatic carboxylic acids is 1. The van der Waals surface area contributed by atoms with Crippen molar-refractivity contribution in [2.75, 3.05) is 23.3 Å². The first-order chi connectivity index (χ1) is 16.5. The fourth-order valence-electron chi connectivity index (χ4n) is 5.02. The highest BCUT2D eigenvalue weighted by Crippen LogP contribution is 2.35. The van der Waals surface area contributed by atoms with Crippen molar-refractivity contribution in [2.24, 2.45) is 0 Å². The lowest BCUT2D eigenvalue weighted by molar-refractivity contribution is 0.0690. The van der Waals surface area contributed by atoms with E-state index < -0.39 is 5.97 Å². The quantitative estimate of drug-likeness (QED) is 0.391. The summed E-state index contributed by atoms with van der Waals surface area (Å²) in [5, 5.41) is 23.2. The highest BCUT2D eigenvalue weighted by Gasteiger charge is 2.44. The molecule has 12 heteroatoms. The van der Waals surface area contributed by atoms with E-state index in [1.165, 1.54) is 18.8 Å². The lowest BCUT2D eigenvalue weighted by Crippen LogP contribution is -2.49. The van der Waals surface area contributed by atoms with Crippen molar-refractivity contribution in [1.82, 2.24) is 39.7 Å². The molecule has 2 saturated heterocycles. The van der Waals surface area contributed by atoms with Crippen LogP contribution in [0.2, 0.25) is 0 Å². The first kappa shape index (κ1) is 20.5. The van der Waals surface area contributed by atoms with E-state index in [0.29, 0.717) is 41.0 Å². The summed E-state index contributed by atoms with van der Waals surface area (Å²) in [5.74, 6) is 0.414. The van der Waals surface area contributed by atoms with Crippen LogP contribution in [0.25, 0.3) is 17.0 Å². The molecule has 4 aromatic heterocycles. The Morgan fingerprint density at radius 3 is 2.74 bits per heavy atom. The number of H-pyrrole nitrogens is 1. The van der Waals surface area contributed by atoms with E-state index in [-0.39, 0.29) is 5.69 Å². The standard InChI is InChI=1S/C22H24N10O2/c1-12(2)30-9-15-5-14(30)10-31(15)19-4-3-13(7-23-19)27-20-21-25-11-26-32(21)18(8-24-20)16-6-17(22(33)34)29-28-16/h3-4,6-8,11-12,14-15H,5,9-10H2,1-2H3,(H,24,27)(H,28,29)(H,33,34)/t14-,15-/m0/s1. The maximum absolute atomic E-state index is 11.2. The van der Waals surface area contributed by atoms with Crippen molar-refractivity contribution in [1.29, 1.82) is 0 Å². The molecule has 2 aliphatic heterocycles. The van der Waals surface area contributed by atoms with Crippen LogP contribution in [0.3, 0.4) is 0 Å². The van der Waals surface area contributed by atoms with Crippen LogP contribution in [0.4, 0.5) is 17.3 Å². The number of carboxylic acid groups (broad SMARTS) is 1. The number of likely N-dealkylation sites (tertiary alicyclic amines) is 1. The largest absolute Gasteiger partial charge is 0.477 e. The minimum atomic E-state index is -1.09. The molecule has 0 saturated carbocycles. The molecule has 6 rings (SSSR count). The van der Waals surface area contributed by atoms with Crippen molar-refractivity contribution in [2.45, 2.75) is 38.4 Å². The topological polar surface area (TPSA) is 140 Å². The Balaban J connectivity index is 1.21. The number of carbonyl (C=O) groups is 1. The van der Waals surface area contributed by atoms with E-state index >= 15 is 0 Å². The first-order valence-corrected chi connectivity index (χ1v) is 11.2. The molecule has 0 radical (unpaired) electrons. The Kier molecular flexibility index (Phi) is 4.69. The Labute approximate surface area is 194 Å². The molecule has 4 aromatic rings. The molecule has 2 bridgehead atoms. The molecular formula is C22H24N10O2. The predicted molar refractivity (Wildman–Crippen MR) is 124 cm³/mol. The number of hydrogen-bond acceptors (Lipinski definition) is 9. The van der Waals surface area contributed by atoms with Crippen molar-refractivity contribution in [3.8, 4) is 11.4 Å². The van der Waals surface area contributed by atoms with Crippen molar-refractivity contribution in [3.05, 3.63) is 42.6 Å².